The van der Waals surface area contributed by atoms with Gasteiger partial charge in [-0.1, -0.05) is 93.4 Å². The Hall–Kier alpha value is -2.38. The maximum Gasteiger partial charge on any atom is 0.0681 e. The molecule has 0 heterocycles. The Kier molecular flexibility index (Phi) is 6.84. The number of unbranched alkanes of at least 4 members (excludes halogenated alkanes) is 2. The van der Waals surface area contributed by atoms with Crippen molar-refractivity contribution in [2.24, 2.45) is 0 Å². The molecule has 1 nitrogen and oxygen atoms in total. The van der Waals surface area contributed by atoms with Gasteiger partial charge in [0.2, 0.25) is 0 Å². The largest absolute Gasteiger partial charge is 0.392 e. The molecule has 0 atom stereocenters. The molecule has 0 fully saturated rings. The van der Waals surface area contributed by atoms with Gasteiger partial charge < -0.3 is 5.11 Å². The van der Waals surface area contributed by atoms with Crippen molar-refractivity contribution in [3.8, 4) is 22.3 Å². The summed E-state index contributed by atoms with van der Waals surface area (Å²) < 4.78 is 0. The van der Waals surface area contributed by atoms with Crippen molar-refractivity contribution in [1.29, 1.82) is 0 Å². The van der Waals surface area contributed by atoms with Crippen LogP contribution in [0.1, 0.15) is 49.8 Å². The highest BCUT2D eigenvalue weighted by atomic mass is 16.3. The van der Waals surface area contributed by atoms with Gasteiger partial charge in [-0.15, -0.1) is 0 Å². The molecule has 3 rings (SSSR count). The van der Waals surface area contributed by atoms with Crippen LogP contribution < -0.4 is 0 Å². The smallest absolute Gasteiger partial charge is 0.0681 e. The van der Waals surface area contributed by atoms with E-state index in [1.807, 2.05) is 6.07 Å². The molecule has 140 valence electrons. The van der Waals surface area contributed by atoms with E-state index in [1.165, 1.54) is 59.1 Å². The summed E-state index contributed by atoms with van der Waals surface area (Å²) in [5.41, 5.74) is 8.71. The summed E-state index contributed by atoms with van der Waals surface area (Å²) in [6, 6.07) is 24.1. The average Bonchev–Trinajstić information content (AvgIpc) is 2.74. The van der Waals surface area contributed by atoms with E-state index >= 15 is 0 Å². The fraction of sp³-hybridized carbons (Fsp3) is 0.308. The Morgan fingerprint density at radius 1 is 0.667 bits per heavy atom. The van der Waals surface area contributed by atoms with Crippen LogP contribution in [0, 0.1) is 0 Å². The van der Waals surface area contributed by atoms with Crippen molar-refractivity contribution in [2.45, 2.75) is 52.6 Å². The van der Waals surface area contributed by atoms with Crippen molar-refractivity contribution in [2.75, 3.05) is 0 Å². The van der Waals surface area contributed by atoms with E-state index in [9.17, 15) is 5.11 Å². The Labute approximate surface area is 163 Å². The first-order valence-electron chi connectivity index (χ1n) is 10.2. The molecule has 0 bridgehead atoms. The van der Waals surface area contributed by atoms with Crippen LogP contribution in [-0.4, -0.2) is 5.11 Å². The summed E-state index contributed by atoms with van der Waals surface area (Å²) in [5, 5.41) is 9.36. The van der Waals surface area contributed by atoms with E-state index in [1.54, 1.807) is 0 Å². The zero-order chi connectivity index (χ0) is 19.1. The monoisotopic (exact) mass is 358 g/mol. The number of hydrogen-bond donors (Lipinski definition) is 1. The highest BCUT2D eigenvalue weighted by Gasteiger charge is 2.06. The van der Waals surface area contributed by atoms with Gasteiger partial charge in [-0.3, -0.25) is 0 Å². The molecular weight excluding hydrogens is 328 g/mol. The highest BCUT2D eigenvalue weighted by molar-refractivity contribution is 5.72. The third kappa shape index (κ3) is 4.87. The standard InChI is InChI=1S/C26H30O/c1-3-5-6-7-20-8-11-23(12-9-20)24-13-15-25(16-14-24)26-17-10-21(19-27)18-22(26)4-2/h8-18,27H,3-7,19H2,1-2H3. The van der Waals surface area contributed by atoms with E-state index in [0.717, 1.165) is 12.0 Å². The molecule has 0 aliphatic heterocycles. The first-order chi connectivity index (χ1) is 13.2. The molecule has 0 aliphatic rings. The molecule has 1 heteroatoms. The van der Waals surface area contributed by atoms with Crippen molar-refractivity contribution < 1.29 is 5.11 Å². The molecule has 3 aromatic carbocycles. The van der Waals surface area contributed by atoms with E-state index in [4.69, 9.17) is 0 Å². The SMILES string of the molecule is CCCCCc1ccc(-c2ccc(-c3ccc(CO)cc3CC)cc2)cc1. The first-order valence-corrected chi connectivity index (χ1v) is 10.2. The van der Waals surface area contributed by atoms with E-state index in [-0.39, 0.29) is 6.61 Å². The van der Waals surface area contributed by atoms with Crippen LogP contribution in [-0.2, 0) is 19.4 Å². The van der Waals surface area contributed by atoms with Crippen LogP contribution in [0.4, 0.5) is 0 Å². The summed E-state index contributed by atoms with van der Waals surface area (Å²) in [5.74, 6) is 0. The Morgan fingerprint density at radius 3 is 1.85 bits per heavy atom. The van der Waals surface area contributed by atoms with Gasteiger partial charge >= 0.3 is 0 Å². The maximum atomic E-state index is 9.36. The fourth-order valence-electron chi connectivity index (χ4n) is 3.60. The molecule has 0 radical (unpaired) electrons. The van der Waals surface area contributed by atoms with Crippen LogP contribution in [0.3, 0.4) is 0 Å². The maximum absolute atomic E-state index is 9.36. The van der Waals surface area contributed by atoms with Crippen molar-refractivity contribution >= 4 is 0 Å². The van der Waals surface area contributed by atoms with Gasteiger partial charge in [0.05, 0.1) is 6.61 Å². The van der Waals surface area contributed by atoms with E-state index in [2.05, 4.69) is 74.5 Å². The minimum absolute atomic E-state index is 0.0979. The molecule has 27 heavy (non-hydrogen) atoms. The molecule has 0 unspecified atom stereocenters. The van der Waals surface area contributed by atoms with Crippen LogP contribution in [0.2, 0.25) is 0 Å². The Balaban J connectivity index is 1.77. The number of benzene rings is 3. The lowest BCUT2D eigenvalue weighted by Gasteiger charge is -2.11. The van der Waals surface area contributed by atoms with Crippen LogP contribution >= 0.6 is 0 Å². The zero-order valence-corrected chi connectivity index (χ0v) is 16.5. The normalized spacial score (nSPS) is 10.9. The van der Waals surface area contributed by atoms with Crippen LogP contribution in [0.5, 0.6) is 0 Å². The summed E-state index contributed by atoms with van der Waals surface area (Å²) in [4.78, 5) is 0. The second kappa shape index (κ2) is 9.53. The Morgan fingerprint density at radius 2 is 1.26 bits per heavy atom. The summed E-state index contributed by atoms with van der Waals surface area (Å²) in [6.45, 7) is 4.51. The third-order valence-electron chi connectivity index (χ3n) is 5.29. The van der Waals surface area contributed by atoms with Crippen molar-refractivity contribution in [1.82, 2.24) is 0 Å². The quantitative estimate of drug-likeness (QED) is 0.439. The molecule has 0 aliphatic carbocycles. The summed E-state index contributed by atoms with van der Waals surface area (Å²) >= 11 is 0. The van der Waals surface area contributed by atoms with Gasteiger partial charge in [-0.25, -0.2) is 0 Å². The molecule has 0 spiro atoms. The van der Waals surface area contributed by atoms with E-state index in [0.29, 0.717) is 0 Å². The number of hydrogen-bond acceptors (Lipinski definition) is 1. The van der Waals surface area contributed by atoms with Gasteiger partial charge in [0.1, 0.15) is 0 Å². The predicted octanol–water partition coefficient (Wildman–Crippen LogP) is 6.81. The molecule has 1 N–H and O–H groups in total. The number of rotatable bonds is 8. The van der Waals surface area contributed by atoms with Crippen molar-refractivity contribution in [3.63, 3.8) is 0 Å². The number of aryl methyl sites for hydroxylation is 2. The molecule has 3 aromatic rings. The fourth-order valence-corrected chi connectivity index (χ4v) is 3.60. The third-order valence-corrected chi connectivity index (χ3v) is 5.29. The molecular formula is C26H30O. The lowest BCUT2D eigenvalue weighted by atomic mass is 9.94. The van der Waals surface area contributed by atoms with Gasteiger partial charge in [-0.2, -0.15) is 0 Å². The van der Waals surface area contributed by atoms with Crippen molar-refractivity contribution in [3.05, 3.63) is 83.4 Å². The molecule has 0 saturated carbocycles. The lowest BCUT2D eigenvalue weighted by Crippen LogP contribution is -1.92. The topological polar surface area (TPSA) is 20.2 Å². The summed E-state index contributed by atoms with van der Waals surface area (Å²) in [6.07, 6.45) is 6.00. The molecule has 0 aromatic heterocycles. The zero-order valence-electron chi connectivity index (χ0n) is 16.5. The molecule has 0 saturated heterocycles. The minimum atomic E-state index is 0.0979. The van der Waals surface area contributed by atoms with Gasteiger partial charge in [0.15, 0.2) is 0 Å². The summed E-state index contributed by atoms with van der Waals surface area (Å²) in [7, 11) is 0. The number of aliphatic hydroxyl groups excluding tert-OH is 1. The minimum Gasteiger partial charge on any atom is -0.392 e. The molecule has 0 amide bonds. The lowest BCUT2D eigenvalue weighted by molar-refractivity contribution is 0.282. The van der Waals surface area contributed by atoms with Gasteiger partial charge in [-0.05, 0) is 58.2 Å². The average molecular weight is 359 g/mol. The van der Waals surface area contributed by atoms with E-state index < -0.39 is 0 Å². The van der Waals surface area contributed by atoms with Crippen LogP contribution in [0.15, 0.2) is 66.7 Å². The Bertz CT molecular complexity index is 844. The van der Waals surface area contributed by atoms with Gasteiger partial charge in [0, 0.05) is 0 Å². The second-order valence-corrected chi connectivity index (χ2v) is 7.23. The second-order valence-electron chi connectivity index (χ2n) is 7.23. The number of aliphatic hydroxyl groups is 1. The van der Waals surface area contributed by atoms with Crippen LogP contribution in [0.25, 0.3) is 22.3 Å². The highest BCUT2D eigenvalue weighted by Crippen LogP contribution is 2.28. The first kappa shape index (κ1) is 19.4. The van der Waals surface area contributed by atoms with Gasteiger partial charge in [0.25, 0.3) is 0 Å². The predicted molar refractivity (Wildman–Crippen MR) is 116 cm³/mol.